The second-order valence-corrected chi connectivity index (χ2v) is 8.12. The Balaban J connectivity index is 2.08. The average Bonchev–Trinajstić information content (AvgIpc) is 2.59. The molecule has 0 fully saturated rings. The van der Waals surface area contributed by atoms with Gasteiger partial charge in [0.05, 0.1) is 0 Å². The van der Waals surface area contributed by atoms with E-state index < -0.39 is 17.1 Å². The average molecular weight is 370 g/mol. The van der Waals surface area contributed by atoms with Gasteiger partial charge in [-0.3, -0.25) is 0 Å². The number of allylic oxidation sites excluding steroid dienone is 1. The van der Waals surface area contributed by atoms with Crippen LogP contribution in [0.3, 0.4) is 0 Å². The number of carbonyl (C=O) groups is 2. The maximum atomic E-state index is 12.8. The van der Waals surface area contributed by atoms with Crippen molar-refractivity contribution < 1.29 is 9.59 Å². The normalized spacial score (nSPS) is 20.3. The zero-order chi connectivity index (χ0) is 16.6. The number of hydrogen-bond acceptors (Lipinski definition) is 2. The summed E-state index contributed by atoms with van der Waals surface area (Å²) in [5.41, 5.74) is 0.676. The third kappa shape index (κ3) is 2.44. The van der Waals surface area contributed by atoms with Gasteiger partial charge >= 0.3 is 142 Å². The van der Waals surface area contributed by atoms with Gasteiger partial charge in [-0.2, -0.15) is 0 Å². The number of Topliss-reactive ketones (excluding diaryl/α,β-unsaturated/α-hetero) is 1. The molecule has 0 unspecified atom stereocenters. The van der Waals surface area contributed by atoms with Crippen LogP contribution < -0.4 is 9.36 Å². The molecule has 0 aliphatic carbocycles. The molecule has 3 rings (SSSR count). The molecule has 0 radical (unpaired) electrons. The van der Waals surface area contributed by atoms with Gasteiger partial charge < -0.3 is 0 Å². The quantitative estimate of drug-likeness (QED) is 0.613. The molecule has 2 aromatic rings. The van der Waals surface area contributed by atoms with Crippen LogP contribution in [0.2, 0.25) is 0 Å². The van der Waals surface area contributed by atoms with Crippen molar-refractivity contribution in [3.05, 3.63) is 71.2 Å². The Hall–Kier alpha value is -2.16. The van der Waals surface area contributed by atoms with Crippen LogP contribution in [0.25, 0.3) is 0 Å². The van der Waals surface area contributed by atoms with Crippen molar-refractivity contribution in [3.63, 3.8) is 0 Å². The minimum absolute atomic E-state index is 0.0883. The molecule has 23 heavy (non-hydrogen) atoms. The minimum atomic E-state index is -0.962. The van der Waals surface area contributed by atoms with E-state index in [1.54, 1.807) is 7.05 Å². The van der Waals surface area contributed by atoms with Crippen molar-refractivity contribution in [1.29, 1.82) is 0 Å². The number of anilines is 1. The molecule has 0 saturated heterocycles. The molecule has 0 N–H and O–H groups in total. The summed E-state index contributed by atoms with van der Waals surface area (Å²) in [6, 6.07) is 17.5. The number of ketones is 1. The molecule has 1 aliphatic heterocycles. The van der Waals surface area contributed by atoms with Crippen LogP contribution in [-0.4, -0.2) is 33.7 Å². The number of benzene rings is 2. The Kier molecular flexibility index (Phi) is 3.97. The number of rotatable bonds is 3. The first-order valence-electron chi connectivity index (χ1n) is 7.30. The molecule has 0 aromatic heterocycles. The summed E-state index contributed by atoms with van der Waals surface area (Å²) in [4.78, 5) is 26.6. The van der Waals surface area contributed by atoms with E-state index in [1.165, 1.54) is 4.90 Å². The topological polar surface area (TPSA) is 37.4 Å². The molecule has 1 atom stereocenters. The van der Waals surface area contributed by atoms with Crippen molar-refractivity contribution in [2.24, 2.45) is 0 Å². The number of fused-ring (bicyclic) bond motifs is 1. The van der Waals surface area contributed by atoms with Crippen molar-refractivity contribution in [2.75, 3.05) is 11.9 Å². The standard InChI is InChI=1S/C19H17NO2Se/c1-13(23-14-9-5-4-6-10-14)19(2)15-11-7-8-12-16(15)20(3)18(22)17(19)21/h4-12H,1H2,2-3H3/t19-/m0/s1. The fourth-order valence-corrected chi connectivity index (χ4v) is 4.86. The maximum absolute atomic E-state index is 12.8. The summed E-state index contributed by atoms with van der Waals surface area (Å²) >= 11 is -0.0883. The van der Waals surface area contributed by atoms with Gasteiger partial charge in [-0.25, -0.2) is 0 Å². The first-order valence-corrected chi connectivity index (χ1v) is 9.02. The van der Waals surface area contributed by atoms with Crippen LogP contribution in [0, 0.1) is 0 Å². The van der Waals surface area contributed by atoms with Gasteiger partial charge in [0.15, 0.2) is 0 Å². The van der Waals surface area contributed by atoms with E-state index in [0.717, 1.165) is 20.2 Å². The second kappa shape index (κ2) is 5.80. The van der Waals surface area contributed by atoms with Gasteiger partial charge in [-0.05, 0) is 0 Å². The van der Waals surface area contributed by atoms with Gasteiger partial charge in [0, 0.05) is 0 Å². The summed E-state index contributed by atoms with van der Waals surface area (Å²) in [6.07, 6.45) is 0. The molecule has 3 nitrogen and oxygen atoms in total. The zero-order valence-electron chi connectivity index (χ0n) is 13.1. The van der Waals surface area contributed by atoms with Gasteiger partial charge in [0.25, 0.3) is 0 Å². The summed E-state index contributed by atoms with van der Waals surface area (Å²) in [6.45, 7) is 6.02. The molecular weight excluding hydrogens is 353 g/mol. The third-order valence-electron chi connectivity index (χ3n) is 4.30. The van der Waals surface area contributed by atoms with E-state index in [-0.39, 0.29) is 15.0 Å². The van der Waals surface area contributed by atoms with Crippen molar-refractivity contribution in [3.8, 4) is 0 Å². The molecular formula is C19H17NO2Se. The van der Waals surface area contributed by atoms with Crippen molar-refractivity contribution in [1.82, 2.24) is 0 Å². The van der Waals surface area contributed by atoms with E-state index in [4.69, 9.17) is 0 Å². The van der Waals surface area contributed by atoms with E-state index >= 15 is 0 Å². The molecule has 0 spiro atoms. The fourth-order valence-electron chi connectivity index (χ4n) is 2.80. The van der Waals surface area contributed by atoms with Crippen LogP contribution in [0.5, 0.6) is 0 Å². The molecule has 116 valence electrons. The Morgan fingerprint density at radius 2 is 1.65 bits per heavy atom. The number of para-hydroxylation sites is 1. The number of nitrogens with zero attached hydrogens (tertiary/aromatic N) is 1. The van der Waals surface area contributed by atoms with E-state index in [0.29, 0.717) is 0 Å². The van der Waals surface area contributed by atoms with Crippen LogP contribution in [0.15, 0.2) is 65.6 Å². The van der Waals surface area contributed by atoms with Gasteiger partial charge in [-0.15, -0.1) is 0 Å². The second-order valence-electron chi connectivity index (χ2n) is 5.67. The van der Waals surface area contributed by atoms with E-state index in [2.05, 4.69) is 6.58 Å². The molecule has 0 saturated carbocycles. The van der Waals surface area contributed by atoms with Crippen molar-refractivity contribution in [2.45, 2.75) is 12.3 Å². The van der Waals surface area contributed by atoms with E-state index in [1.807, 2.05) is 61.5 Å². The van der Waals surface area contributed by atoms with Crippen LogP contribution in [0.1, 0.15) is 12.5 Å². The Morgan fingerprint density at radius 1 is 1.04 bits per heavy atom. The summed E-state index contributed by atoms with van der Waals surface area (Å²) < 4.78 is 1.94. The van der Waals surface area contributed by atoms with Gasteiger partial charge in [0.1, 0.15) is 0 Å². The third-order valence-corrected chi connectivity index (χ3v) is 6.74. The number of likely N-dealkylation sites (N-methyl/N-ethyl adjacent to an activating group) is 1. The summed E-state index contributed by atoms with van der Waals surface area (Å²) in [5.74, 6) is -0.877. The number of amides is 1. The summed E-state index contributed by atoms with van der Waals surface area (Å²) in [7, 11) is 1.64. The summed E-state index contributed by atoms with van der Waals surface area (Å²) in [5, 5.41) is 0. The Labute approximate surface area is 142 Å². The molecule has 1 heterocycles. The van der Waals surface area contributed by atoms with Crippen molar-refractivity contribution >= 4 is 36.8 Å². The van der Waals surface area contributed by atoms with E-state index in [9.17, 15) is 9.59 Å². The first-order chi connectivity index (χ1) is 11.0. The molecule has 0 bridgehead atoms. The zero-order valence-corrected chi connectivity index (χ0v) is 14.8. The SMILES string of the molecule is C=C([Se]c1ccccc1)[C@]1(C)C(=O)C(=O)N(C)c2ccccc21. The van der Waals surface area contributed by atoms with Gasteiger partial charge in [0.2, 0.25) is 0 Å². The molecule has 1 aliphatic rings. The molecule has 2 aromatic carbocycles. The molecule has 1 amide bonds. The molecule has 4 heteroatoms. The monoisotopic (exact) mass is 371 g/mol. The number of hydrogen-bond donors (Lipinski definition) is 0. The van der Waals surface area contributed by atoms with Crippen LogP contribution in [-0.2, 0) is 15.0 Å². The Bertz CT molecular complexity index is 800. The first kappa shape index (κ1) is 15.7. The van der Waals surface area contributed by atoms with Crippen LogP contribution >= 0.6 is 0 Å². The Morgan fingerprint density at radius 3 is 2.35 bits per heavy atom. The number of carbonyl (C=O) groups excluding carboxylic acids is 2. The predicted octanol–water partition coefficient (Wildman–Crippen LogP) is 2.03. The predicted molar refractivity (Wildman–Crippen MR) is 93.2 cm³/mol. The van der Waals surface area contributed by atoms with Gasteiger partial charge in [-0.1, -0.05) is 0 Å². The van der Waals surface area contributed by atoms with Crippen LogP contribution in [0.4, 0.5) is 5.69 Å². The fraction of sp³-hybridized carbons (Fsp3) is 0.158.